The summed E-state index contributed by atoms with van der Waals surface area (Å²) in [6, 6.07) is 18.7. The van der Waals surface area contributed by atoms with Crippen molar-refractivity contribution in [2.45, 2.75) is 19.8 Å². The third-order valence-electron chi connectivity index (χ3n) is 4.98. The van der Waals surface area contributed by atoms with Gasteiger partial charge in [-0.3, -0.25) is 4.79 Å². The molecule has 2 N–H and O–H groups in total. The van der Waals surface area contributed by atoms with Crippen LogP contribution in [0.1, 0.15) is 34.6 Å². The number of carbonyl (C=O) groups is 1. The van der Waals surface area contributed by atoms with E-state index >= 15 is 0 Å². The number of aryl methyl sites for hydroxylation is 1. The van der Waals surface area contributed by atoms with E-state index in [2.05, 4.69) is 43.7 Å². The van der Waals surface area contributed by atoms with Crippen LogP contribution in [0.15, 0.2) is 54.6 Å². The number of hydrogen-bond donors (Lipinski definition) is 2. The summed E-state index contributed by atoms with van der Waals surface area (Å²) in [5.74, 6) is -0.0433. The second-order valence-electron chi connectivity index (χ2n) is 7.20. The van der Waals surface area contributed by atoms with Gasteiger partial charge in [-0.25, -0.2) is 9.97 Å². The van der Waals surface area contributed by atoms with Crippen LogP contribution in [-0.2, 0) is 0 Å². The van der Waals surface area contributed by atoms with Crippen molar-refractivity contribution in [2.24, 2.45) is 0 Å². The van der Waals surface area contributed by atoms with E-state index in [0.717, 1.165) is 18.8 Å². The van der Waals surface area contributed by atoms with Crippen LogP contribution in [-0.4, -0.2) is 29.0 Å². The lowest BCUT2D eigenvalue weighted by Gasteiger charge is -2.17. The number of anilines is 4. The zero-order valence-electron chi connectivity index (χ0n) is 16.7. The molecule has 2 heterocycles. The van der Waals surface area contributed by atoms with Crippen LogP contribution in [0.5, 0.6) is 0 Å². The van der Waals surface area contributed by atoms with Gasteiger partial charge in [-0.1, -0.05) is 12.1 Å². The van der Waals surface area contributed by atoms with Gasteiger partial charge in [0.1, 0.15) is 11.8 Å². The quantitative estimate of drug-likeness (QED) is 0.667. The number of amides is 1. The van der Waals surface area contributed by atoms with Gasteiger partial charge in [-0.2, -0.15) is 5.26 Å². The largest absolute Gasteiger partial charge is 0.372 e. The summed E-state index contributed by atoms with van der Waals surface area (Å²) in [5, 5.41) is 15.1. The van der Waals surface area contributed by atoms with Crippen molar-refractivity contribution in [3.05, 3.63) is 71.5 Å². The molecule has 7 nitrogen and oxygen atoms in total. The summed E-state index contributed by atoms with van der Waals surface area (Å²) in [6.45, 7) is 4.01. The minimum atomic E-state index is -0.393. The average Bonchev–Trinajstić information content (AvgIpc) is 3.29. The number of carbonyl (C=O) groups excluding carboxylic acids is 1. The number of para-hydroxylation sites is 1. The predicted octanol–water partition coefficient (Wildman–Crippen LogP) is 4.25. The van der Waals surface area contributed by atoms with Crippen molar-refractivity contribution < 1.29 is 4.79 Å². The highest BCUT2D eigenvalue weighted by atomic mass is 16.1. The first-order chi connectivity index (χ1) is 14.6. The normalized spacial score (nSPS) is 13.0. The summed E-state index contributed by atoms with van der Waals surface area (Å²) in [6.07, 6.45) is 2.47. The van der Waals surface area contributed by atoms with Crippen LogP contribution in [0.3, 0.4) is 0 Å². The van der Waals surface area contributed by atoms with Crippen LogP contribution in [0, 0.1) is 18.3 Å². The molecule has 0 bridgehead atoms. The Balaban J connectivity index is 1.50. The smallest absolute Gasteiger partial charge is 0.274 e. The van der Waals surface area contributed by atoms with Gasteiger partial charge in [0.05, 0.1) is 11.3 Å². The fourth-order valence-corrected chi connectivity index (χ4v) is 3.48. The Bertz CT molecular complexity index is 1100. The fraction of sp³-hybridized carbons (Fsp3) is 0.217. The highest BCUT2D eigenvalue weighted by Gasteiger charge is 2.14. The molecule has 1 saturated heterocycles. The third-order valence-corrected chi connectivity index (χ3v) is 4.98. The maximum atomic E-state index is 12.7. The maximum absolute atomic E-state index is 12.7. The van der Waals surface area contributed by atoms with E-state index in [1.165, 1.54) is 18.5 Å². The van der Waals surface area contributed by atoms with E-state index in [4.69, 9.17) is 0 Å². The van der Waals surface area contributed by atoms with E-state index in [1.54, 1.807) is 30.3 Å². The number of aromatic nitrogens is 2. The molecule has 0 atom stereocenters. The molecule has 1 aromatic heterocycles. The van der Waals surface area contributed by atoms with Crippen LogP contribution in [0.4, 0.5) is 23.0 Å². The molecular formula is C23H22N6O. The monoisotopic (exact) mass is 398 g/mol. The van der Waals surface area contributed by atoms with Gasteiger partial charge in [0.15, 0.2) is 0 Å². The van der Waals surface area contributed by atoms with Crippen LogP contribution in [0.2, 0.25) is 0 Å². The van der Waals surface area contributed by atoms with Gasteiger partial charge in [0.25, 0.3) is 5.91 Å². The van der Waals surface area contributed by atoms with Crippen LogP contribution >= 0.6 is 0 Å². The molecule has 2 aromatic carbocycles. The molecule has 1 fully saturated rings. The summed E-state index contributed by atoms with van der Waals surface area (Å²) in [7, 11) is 0. The van der Waals surface area contributed by atoms with Crippen LogP contribution < -0.4 is 15.5 Å². The molecule has 1 aliphatic heterocycles. The number of benzene rings is 2. The summed E-state index contributed by atoms with van der Waals surface area (Å²) >= 11 is 0. The Hall–Kier alpha value is -3.92. The van der Waals surface area contributed by atoms with Gasteiger partial charge >= 0.3 is 0 Å². The molecule has 1 aliphatic rings. The van der Waals surface area contributed by atoms with E-state index < -0.39 is 5.91 Å². The standard InChI is InChI=1S/C23H22N6O/c1-16-14-21(22(30)27-20-7-3-2-6-17(20)15-24)28-23(25-16)26-18-8-10-19(11-9-18)29-12-4-5-13-29/h2-3,6-11,14H,4-5,12-13H2,1H3,(H,27,30)(H,25,26,28). The van der Waals surface area contributed by atoms with Gasteiger partial charge in [-0.05, 0) is 62.2 Å². The van der Waals surface area contributed by atoms with Crippen LogP contribution in [0.25, 0.3) is 0 Å². The van der Waals surface area contributed by atoms with Crippen molar-refractivity contribution >= 4 is 28.9 Å². The van der Waals surface area contributed by atoms with Gasteiger partial charge < -0.3 is 15.5 Å². The SMILES string of the molecule is Cc1cc(C(=O)Nc2ccccc2C#N)nc(Nc2ccc(N3CCCC3)cc2)n1. The minimum absolute atomic E-state index is 0.228. The van der Waals surface area contributed by atoms with Crippen molar-refractivity contribution in [2.75, 3.05) is 28.6 Å². The zero-order valence-corrected chi connectivity index (χ0v) is 16.7. The van der Waals surface area contributed by atoms with Crippen molar-refractivity contribution in [1.29, 1.82) is 5.26 Å². The predicted molar refractivity (Wildman–Crippen MR) is 117 cm³/mol. The Labute approximate surface area is 175 Å². The Kier molecular flexibility index (Phi) is 5.57. The Morgan fingerprint density at radius 2 is 1.80 bits per heavy atom. The van der Waals surface area contributed by atoms with Crippen molar-refractivity contribution in [1.82, 2.24) is 9.97 Å². The highest BCUT2D eigenvalue weighted by Crippen LogP contribution is 2.23. The molecule has 0 aliphatic carbocycles. The molecule has 0 saturated carbocycles. The lowest BCUT2D eigenvalue weighted by Crippen LogP contribution is -2.17. The van der Waals surface area contributed by atoms with E-state index in [-0.39, 0.29) is 5.69 Å². The first-order valence-corrected chi connectivity index (χ1v) is 9.90. The lowest BCUT2D eigenvalue weighted by molar-refractivity contribution is 0.102. The zero-order chi connectivity index (χ0) is 20.9. The summed E-state index contributed by atoms with van der Waals surface area (Å²) in [4.78, 5) is 23.8. The van der Waals surface area contributed by atoms with E-state index in [9.17, 15) is 10.1 Å². The fourth-order valence-electron chi connectivity index (χ4n) is 3.48. The lowest BCUT2D eigenvalue weighted by atomic mass is 10.2. The van der Waals surface area contributed by atoms with E-state index in [1.807, 2.05) is 19.1 Å². The average molecular weight is 398 g/mol. The van der Waals surface area contributed by atoms with Gasteiger partial charge in [-0.15, -0.1) is 0 Å². The molecular weight excluding hydrogens is 376 g/mol. The molecule has 7 heteroatoms. The van der Waals surface area contributed by atoms with Gasteiger partial charge in [0.2, 0.25) is 5.95 Å². The van der Waals surface area contributed by atoms with Crippen molar-refractivity contribution in [3.63, 3.8) is 0 Å². The number of rotatable bonds is 5. The van der Waals surface area contributed by atoms with E-state index in [0.29, 0.717) is 22.9 Å². The number of nitrogens with zero attached hydrogens (tertiary/aromatic N) is 4. The molecule has 0 unspecified atom stereocenters. The Morgan fingerprint density at radius 3 is 2.53 bits per heavy atom. The Morgan fingerprint density at radius 1 is 1.07 bits per heavy atom. The molecule has 1 amide bonds. The molecule has 3 aromatic rings. The molecule has 0 radical (unpaired) electrons. The first-order valence-electron chi connectivity index (χ1n) is 9.90. The number of nitrogens with one attached hydrogen (secondary N) is 2. The number of nitriles is 1. The maximum Gasteiger partial charge on any atom is 0.274 e. The molecule has 30 heavy (non-hydrogen) atoms. The number of hydrogen-bond acceptors (Lipinski definition) is 6. The molecule has 0 spiro atoms. The highest BCUT2D eigenvalue weighted by molar-refractivity contribution is 6.03. The molecule has 150 valence electrons. The third kappa shape index (κ3) is 4.39. The second kappa shape index (κ2) is 8.62. The molecule has 4 rings (SSSR count). The summed E-state index contributed by atoms with van der Waals surface area (Å²) < 4.78 is 0. The van der Waals surface area contributed by atoms with Gasteiger partial charge in [0, 0.05) is 30.2 Å². The minimum Gasteiger partial charge on any atom is -0.372 e. The topological polar surface area (TPSA) is 93.9 Å². The summed E-state index contributed by atoms with van der Waals surface area (Å²) in [5.41, 5.74) is 3.80. The first kappa shape index (κ1) is 19.4. The second-order valence-corrected chi connectivity index (χ2v) is 7.20. The van der Waals surface area contributed by atoms with Crippen molar-refractivity contribution in [3.8, 4) is 6.07 Å².